The summed E-state index contributed by atoms with van der Waals surface area (Å²) < 4.78 is 2.28. The number of hydrogen-bond acceptors (Lipinski definition) is 3. The van der Waals surface area contributed by atoms with E-state index in [1.165, 1.54) is 0 Å². The van der Waals surface area contributed by atoms with Crippen molar-refractivity contribution in [3.05, 3.63) is 0 Å². The summed E-state index contributed by atoms with van der Waals surface area (Å²) in [5.41, 5.74) is 9.62. The van der Waals surface area contributed by atoms with Gasteiger partial charge in [-0.3, -0.25) is 4.72 Å². The number of hydrogen-bond donors (Lipinski definition) is 3. The quantitative estimate of drug-likeness (QED) is 0.323. The van der Waals surface area contributed by atoms with Crippen LogP contribution in [0.5, 0.6) is 0 Å². The number of nitrogens with two attached hydrogens (primary N) is 2. The fourth-order valence-corrected chi connectivity index (χ4v) is 0.427. The molecule has 0 rings (SSSR count). The lowest BCUT2D eigenvalue weighted by Crippen LogP contribution is -2.25. The Kier molecular flexibility index (Phi) is 3.29. The first-order chi connectivity index (χ1) is 3.63. The topological polar surface area (TPSA) is 81.1 Å². The van der Waals surface area contributed by atoms with Gasteiger partial charge in [-0.25, -0.2) is 4.79 Å². The molecule has 46 valence electrons. The summed E-state index contributed by atoms with van der Waals surface area (Å²) in [6, 6.07) is -0.650. The zero-order valence-electron chi connectivity index (χ0n) is 3.88. The van der Waals surface area contributed by atoms with Crippen LogP contribution in [0.15, 0.2) is 0 Å². The van der Waals surface area contributed by atoms with Crippen LogP contribution in [0.3, 0.4) is 0 Å². The zero-order valence-corrected chi connectivity index (χ0v) is 5.51. The van der Waals surface area contributed by atoms with Gasteiger partial charge in [0.1, 0.15) is 0 Å². The van der Waals surface area contributed by atoms with E-state index in [0.29, 0.717) is 0 Å². The molecule has 0 aromatic heterocycles. The van der Waals surface area contributed by atoms with Gasteiger partial charge in [-0.15, -0.1) is 0 Å². The number of nitrogens with one attached hydrogen (secondary N) is 1. The van der Waals surface area contributed by atoms with Crippen molar-refractivity contribution in [2.45, 2.75) is 0 Å². The van der Waals surface area contributed by atoms with Crippen LogP contribution in [0.4, 0.5) is 4.79 Å². The number of amides is 2. The molecule has 0 unspecified atom stereocenters. The third kappa shape index (κ3) is 5.51. The lowest BCUT2D eigenvalue weighted by atomic mass is 11.2. The van der Waals surface area contributed by atoms with Crippen LogP contribution in [0.1, 0.15) is 0 Å². The van der Waals surface area contributed by atoms with Gasteiger partial charge in [0.25, 0.3) is 0 Å². The molecule has 0 aliphatic heterocycles. The van der Waals surface area contributed by atoms with Crippen molar-refractivity contribution in [2.75, 3.05) is 0 Å². The molecule has 0 bridgehead atoms. The van der Waals surface area contributed by atoms with E-state index in [-0.39, 0.29) is 4.32 Å². The molecule has 5 N–H and O–H groups in total. The molecule has 0 atom stereocenters. The van der Waals surface area contributed by atoms with Crippen LogP contribution in [-0.4, -0.2) is 10.4 Å². The first kappa shape index (κ1) is 7.51. The molecule has 2 amide bonds. The Bertz CT molecular complexity index is 99.9. The molecular weight excluding hydrogens is 146 g/mol. The highest BCUT2D eigenvalue weighted by Gasteiger charge is 1.90. The molecule has 0 aliphatic carbocycles. The Morgan fingerprint density at radius 3 is 2.25 bits per heavy atom. The molecule has 0 saturated heterocycles. The van der Waals surface area contributed by atoms with E-state index in [1.807, 2.05) is 0 Å². The second-order valence-corrected chi connectivity index (χ2v) is 2.43. The lowest BCUT2D eigenvalue weighted by molar-refractivity contribution is 0.254. The van der Waals surface area contributed by atoms with E-state index in [0.717, 1.165) is 11.9 Å². The molecular formula is C2H5N3OS2. The van der Waals surface area contributed by atoms with Crippen molar-refractivity contribution < 1.29 is 4.79 Å². The maximum atomic E-state index is 9.88. The number of carbonyl (C=O) groups is 1. The highest BCUT2D eigenvalue weighted by atomic mass is 32.2. The van der Waals surface area contributed by atoms with Crippen LogP contribution in [0.25, 0.3) is 0 Å². The van der Waals surface area contributed by atoms with Crippen molar-refractivity contribution in [3.63, 3.8) is 0 Å². The average molecular weight is 151 g/mol. The van der Waals surface area contributed by atoms with Crippen molar-refractivity contribution >= 4 is 34.5 Å². The zero-order chi connectivity index (χ0) is 6.57. The summed E-state index contributed by atoms with van der Waals surface area (Å²) >= 11 is 5.21. The molecule has 0 aromatic rings. The Labute approximate surface area is 56.1 Å². The highest BCUT2D eigenvalue weighted by Crippen LogP contribution is 1.88. The molecule has 0 heterocycles. The maximum Gasteiger partial charge on any atom is 0.322 e. The monoisotopic (exact) mass is 151 g/mol. The van der Waals surface area contributed by atoms with Crippen LogP contribution in [-0.2, 0) is 0 Å². The number of urea groups is 1. The Balaban J connectivity index is 3.18. The van der Waals surface area contributed by atoms with Crippen LogP contribution in [0, 0.1) is 0 Å². The molecule has 0 aromatic carbocycles. The standard InChI is InChI=1S/C2H5N3OS2/c3-1(6)5-8-2(4)7/h(H2,4,7)(H3,3,5,6). The van der Waals surface area contributed by atoms with Gasteiger partial charge in [-0.2, -0.15) is 0 Å². The number of primary amides is 1. The first-order valence-electron chi connectivity index (χ1n) is 1.64. The van der Waals surface area contributed by atoms with E-state index < -0.39 is 6.03 Å². The average Bonchev–Trinajstić information content (AvgIpc) is 1.61. The normalized spacial score (nSPS) is 8.00. The maximum absolute atomic E-state index is 9.88. The summed E-state index contributed by atoms with van der Waals surface area (Å²) in [7, 11) is 0. The minimum Gasteiger partial charge on any atom is -0.383 e. The largest absolute Gasteiger partial charge is 0.383 e. The smallest absolute Gasteiger partial charge is 0.322 e. The van der Waals surface area contributed by atoms with Crippen molar-refractivity contribution in [3.8, 4) is 0 Å². The highest BCUT2D eigenvalue weighted by molar-refractivity contribution is 8.21. The SMILES string of the molecule is NC(=O)NSC(N)=S. The van der Waals surface area contributed by atoms with E-state index in [1.54, 1.807) is 0 Å². The van der Waals surface area contributed by atoms with Crippen molar-refractivity contribution in [1.82, 2.24) is 4.72 Å². The lowest BCUT2D eigenvalue weighted by Gasteiger charge is -1.93. The second-order valence-electron chi connectivity index (χ2n) is 0.887. The number of rotatable bonds is 0. The van der Waals surface area contributed by atoms with Crippen molar-refractivity contribution in [2.24, 2.45) is 11.5 Å². The van der Waals surface area contributed by atoms with E-state index in [2.05, 4.69) is 22.7 Å². The van der Waals surface area contributed by atoms with Crippen LogP contribution < -0.4 is 16.2 Å². The van der Waals surface area contributed by atoms with Gasteiger partial charge >= 0.3 is 6.03 Å². The van der Waals surface area contributed by atoms with Crippen molar-refractivity contribution in [1.29, 1.82) is 0 Å². The first-order valence-corrected chi connectivity index (χ1v) is 2.87. The Morgan fingerprint density at radius 1 is 1.62 bits per heavy atom. The molecule has 0 spiro atoms. The minimum atomic E-state index is -0.650. The van der Waals surface area contributed by atoms with Gasteiger partial charge < -0.3 is 11.5 Å². The molecule has 8 heavy (non-hydrogen) atoms. The fraction of sp³-hybridized carbons (Fsp3) is 0. The summed E-state index contributed by atoms with van der Waals surface area (Å²) in [4.78, 5) is 9.88. The van der Waals surface area contributed by atoms with Gasteiger partial charge in [0, 0.05) is 11.9 Å². The van der Waals surface area contributed by atoms with Gasteiger partial charge in [0.2, 0.25) is 0 Å². The molecule has 6 heteroatoms. The minimum absolute atomic E-state index is 0.142. The summed E-state index contributed by atoms with van der Waals surface area (Å²) in [5, 5.41) is 0. The molecule has 4 nitrogen and oxygen atoms in total. The van der Waals surface area contributed by atoms with Crippen LogP contribution >= 0.6 is 24.2 Å². The fourth-order valence-electron chi connectivity index (χ4n) is 0.101. The van der Waals surface area contributed by atoms with E-state index >= 15 is 0 Å². The third-order valence-electron chi connectivity index (χ3n) is 0.252. The molecule has 0 saturated carbocycles. The Morgan fingerprint density at radius 2 is 2.12 bits per heavy atom. The summed E-state index contributed by atoms with van der Waals surface area (Å²) in [6.07, 6.45) is 0. The number of carbonyl (C=O) groups excluding carboxylic acids is 1. The van der Waals surface area contributed by atoms with Gasteiger partial charge in [0.05, 0.1) is 0 Å². The van der Waals surface area contributed by atoms with E-state index in [4.69, 9.17) is 5.73 Å². The number of thiocarbonyl (C=S) groups is 1. The second kappa shape index (κ2) is 3.50. The van der Waals surface area contributed by atoms with Crippen LogP contribution in [0.2, 0.25) is 0 Å². The molecule has 0 radical (unpaired) electrons. The van der Waals surface area contributed by atoms with E-state index in [9.17, 15) is 4.79 Å². The summed E-state index contributed by atoms with van der Waals surface area (Å²) in [6.45, 7) is 0. The van der Waals surface area contributed by atoms with Gasteiger partial charge in [0.15, 0.2) is 4.32 Å². The summed E-state index contributed by atoms with van der Waals surface area (Å²) in [5.74, 6) is 0. The molecule has 0 fully saturated rings. The van der Waals surface area contributed by atoms with Gasteiger partial charge in [-0.05, 0) is 0 Å². The van der Waals surface area contributed by atoms with Gasteiger partial charge in [-0.1, -0.05) is 12.2 Å². The Hall–Kier alpha value is -0.490. The third-order valence-corrected chi connectivity index (χ3v) is 1.01. The predicted molar refractivity (Wildman–Crippen MR) is 37.1 cm³/mol. The predicted octanol–water partition coefficient (Wildman–Crippen LogP) is -0.453. The molecule has 0 aliphatic rings.